The summed E-state index contributed by atoms with van der Waals surface area (Å²) in [5, 5.41) is 26.6. The van der Waals surface area contributed by atoms with Crippen LogP contribution in [0.15, 0.2) is 30.6 Å². The lowest BCUT2D eigenvalue weighted by Gasteiger charge is -2.48. The van der Waals surface area contributed by atoms with Gasteiger partial charge in [-0.25, -0.2) is 4.98 Å². The molecule has 178 valence electrons. The van der Waals surface area contributed by atoms with Crippen molar-refractivity contribution in [2.75, 3.05) is 11.9 Å². The van der Waals surface area contributed by atoms with E-state index >= 15 is 0 Å². The lowest BCUT2D eigenvalue weighted by atomic mass is 9.79. The minimum absolute atomic E-state index is 0. The smallest absolute Gasteiger partial charge is 0.245 e. The first-order chi connectivity index (χ1) is 14.9. The maximum Gasteiger partial charge on any atom is 0.245 e. The van der Waals surface area contributed by atoms with Crippen molar-refractivity contribution in [2.45, 2.75) is 57.7 Å². The number of phenols is 1. The summed E-state index contributed by atoms with van der Waals surface area (Å²) in [6, 6.07) is 5.17. The molecule has 0 spiro atoms. The quantitative estimate of drug-likeness (QED) is 0.590. The lowest BCUT2D eigenvalue weighted by Crippen LogP contribution is -2.62. The zero-order valence-electron chi connectivity index (χ0n) is 19.8. The number of nitrogens with zero attached hydrogens (tertiary/aromatic N) is 6. The zero-order valence-corrected chi connectivity index (χ0v) is 20.6. The molecule has 1 aliphatic heterocycles. The number of piperidine rings is 1. The topological polar surface area (TPSA) is 92.0 Å². The molecule has 0 radical (unpaired) electrons. The van der Waals surface area contributed by atoms with E-state index in [4.69, 9.17) is 0 Å². The molecule has 0 aliphatic carbocycles. The van der Waals surface area contributed by atoms with Crippen LogP contribution in [0.1, 0.15) is 40.5 Å². The molecule has 1 fully saturated rings. The van der Waals surface area contributed by atoms with Gasteiger partial charge in [-0.2, -0.15) is 4.39 Å². The van der Waals surface area contributed by atoms with Gasteiger partial charge in [0.25, 0.3) is 0 Å². The molecule has 0 amide bonds. The van der Waals surface area contributed by atoms with Gasteiger partial charge in [-0.15, -0.1) is 27.7 Å². The van der Waals surface area contributed by atoms with E-state index < -0.39 is 5.95 Å². The van der Waals surface area contributed by atoms with Gasteiger partial charge in [0.2, 0.25) is 11.9 Å². The highest BCUT2D eigenvalue weighted by Gasteiger charge is 2.39. The molecule has 3 aromatic rings. The maximum absolute atomic E-state index is 14.0. The summed E-state index contributed by atoms with van der Waals surface area (Å²) in [7, 11) is 3.64. The van der Waals surface area contributed by atoms with E-state index in [9.17, 15) is 9.50 Å². The van der Waals surface area contributed by atoms with Crippen molar-refractivity contribution in [3.05, 3.63) is 36.5 Å². The summed E-state index contributed by atoms with van der Waals surface area (Å²) in [4.78, 5) is 6.59. The van der Waals surface area contributed by atoms with E-state index in [1.54, 1.807) is 31.6 Å². The summed E-state index contributed by atoms with van der Waals surface area (Å²) >= 11 is 0. The summed E-state index contributed by atoms with van der Waals surface area (Å²) < 4.78 is 15.4. The van der Waals surface area contributed by atoms with Gasteiger partial charge in [-0.1, -0.05) is 6.07 Å². The number of nitrogens with one attached hydrogen (secondary N) is 1. The van der Waals surface area contributed by atoms with Crippen molar-refractivity contribution in [2.24, 2.45) is 7.05 Å². The van der Waals surface area contributed by atoms with Gasteiger partial charge in [0.05, 0.1) is 11.8 Å². The van der Waals surface area contributed by atoms with Crippen molar-refractivity contribution in [1.29, 1.82) is 0 Å². The molecule has 3 heterocycles. The van der Waals surface area contributed by atoms with Crippen LogP contribution in [0.25, 0.3) is 22.4 Å². The van der Waals surface area contributed by atoms with E-state index in [1.807, 2.05) is 7.05 Å². The molecule has 0 bridgehead atoms. The second-order valence-electron chi connectivity index (χ2n) is 9.95. The number of anilines is 1. The summed E-state index contributed by atoms with van der Waals surface area (Å²) in [5.74, 6) is -0.0663. The van der Waals surface area contributed by atoms with E-state index in [0.717, 1.165) is 12.8 Å². The van der Waals surface area contributed by atoms with E-state index in [-0.39, 0.29) is 35.3 Å². The Morgan fingerprint density at radius 1 is 1.12 bits per heavy atom. The van der Waals surface area contributed by atoms with E-state index in [1.165, 1.54) is 10.7 Å². The molecule has 0 unspecified atom stereocenters. The van der Waals surface area contributed by atoms with Crippen molar-refractivity contribution in [1.82, 2.24) is 30.3 Å². The molecule has 1 aromatic carbocycles. The van der Waals surface area contributed by atoms with Crippen LogP contribution in [0, 0.1) is 5.95 Å². The zero-order chi connectivity index (χ0) is 23.3. The first-order valence-electron chi connectivity index (χ1n) is 10.7. The molecule has 8 nitrogen and oxygen atoms in total. The first-order valence-corrected chi connectivity index (χ1v) is 10.7. The molecular formula is C23H31ClFN7O. The molecule has 2 N–H and O–H groups in total. The standard InChI is InChI=1S/C23H30FN7O.ClH/c1-22(2)10-15(11-23(3,4)29-22)31(6)21-25-12-18(26-27-21)16-8-7-14(9-19(16)32)17-13-30(5)28-20(17)24;/h7-9,12-13,15,29,32H,10-11H2,1-6H3;1H. The highest BCUT2D eigenvalue weighted by atomic mass is 35.5. The number of benzene rings is 1. The lowest BCUT2D eigenvalue weighted by molar-refractivity contribution is 0.160. The van der Waals surface area contributed by atoms with Crippen LogP contribution in [0.2, 0.25) is 0 Å². The molecule has 10 heteroatoms. The number of aryl methyl sites for hydroxylation is 1. The Morgan fingerprint density at radius 2 is 1.79 bits per heavy atom. The number of rotatable bonds is 4. The molecule has 4 rings (SSSR count). The SMILES string of the molecule is CN(c1ncc(-c2ccc(-c3cn(C)nc3F)cc2O)nn1)C1CC(C)(C)NC(C)(C)C1.Cl. The van der Waals surface area contributed by atoms with Crippen LogP contribution in [0.3, 0.4) is 0 Å². The fourth-order valence-electron chi connectivity index (χ4n) is 4.83. The van der Waals surface area contributed by atoms with Crippen LogP contribution in [-0.2, 0) is 7.05 Å². The number of hydrogen-bond acceptors (Lipinski definition) is 7. The Bertz CT molecular complexity index is 1110. The van der Waals surface area contributed by atoms with Gasteiger partial charge in [0, 0.05) is 43.0 Å². The van der Waals surface area contributed by atoms with Crippen molar-refractivity contribution >= 4 is 18.4 Å². The fourth-order valence-corrected chi connectivity index (χ4v) is 4.83. The second-order valence-corrected chi connectivity index (χ2v) is 9.95. The van der Waals surface area contributed by atoms with E-state index in [0.29, 0.717) is 28.3 Å². The number of aromatic nitrogens is 5. The highest BCUT2D eigenvalue weighted by Crippen LogP contribution is 2.34. The average molecular weight is 476 g/mol. The minimum atomic E-state index is -0.585. The summed E-state index contributed by atoms with van der Waals surface area (Å²) in [6.07, 6.45) is 5.10. The Balaban J connectivity index is 0.00000306. The Morgan fingerprint density at radius 3 is 2.30 bits per heavy atom. The maximum atomic E-state index is 14.0. The highest BCUT2D eigenvalue weighted by molar-refractivity contribution is 5.85. The Kier molecular flexibility index (Phi) is 6.68. The summed E-state index contributed by atoms with van der Waals surface area (Å²) in [6.45, 7) is 8.84. The van der Waals surface area contributed by atoms with Crippen LogP contribution >= 0.6 is 12.4 Å². The average Bonchev–Trinajstić information content (AvgIpc) is 3.03. The largest absolute Gasteiger partial charge is 0.507 e. The van der Waals surface area contributed by atoms with Gasteiger partial charge in [0.15, 0.2) is 0 Å². The van der Waals surface area contributed by atoms with Gasteiger partial charge in [-0.3, -0.25) is 4.68 Å². The van der Waals surface area contributed by atoms with E-state index in [2.05, 4.69) is 58.2 Å². The predicted octanol–water partition coefficient (Wildman–Crippen LogP) is 3.95. The van der Waals surface area contributed by atoms with Crippen LogP contribution in [0.5, 0.6) is 5.75 Å². The Labute approximate surface area is 199 Å². The number of hydrogen-bond donors (Lipinski definition) is 2. The monoisotopic (exact) mass is 475 g/mol. The van der Waals surface area contributed by atoms with Gasteiger partial charge >= 0.3 is 0 Å². The number of halogens is 2. The first kappa shape index (κ1) is 24.9. The molecule has 33 heavy (non-hydrogen) atoms. The van der Waals surface area contributed by atoms with Crippen molar-refractivity contribution in [3.8, 4) is 28.1 Å². The molecule has 0 saturated carbocycles. The molecular weight excluding hydrogens is 445 g/mol. The molecule has 1 aliphatic rings. The minimum Gasteiger partial charge on any atom is -0.507 e. The molecule has 2 aromatic heterocycles. The van der Waals surface area contributed by atoms with Crippen molar-refractivity contribution < 1.29 is 9.50 Å². The second kappa shape index (κ2) is 8.87. The van der Waals surface area contributed by atoms with Crippen LogP contribution < -0.4 is 10.2 Å². The molecule has 1 saturated heterocycles. The number of aromatic hydroxyl groups is 1. The van der Waals surface area contributed by atoms with Gasteiger partial charge in [-0.05, 0) is 58.2 Å². The normalized spacial score (nSPS) is 17.4. The third kappa shape index (κ3) is 5.25. The van der Waals surface area contributed by atoms with Gasteiger partial charge in [0.1, 0.15) is 11.4 Å². The fraction of sp³-hybridized carbons (Fsp3) is 0.478. The van der Waals surface area contributed by atoms with Crippen molar-refractivity contribution in [3.63, 3.8) is 0 Å². The molecule has 0 atom stereocenters. The predicted molar refractivity (Wildman–Crippen MR) is 129 cm³/mol. The third-order valence-corrected chi connectivity index (χ3v) is 5.95. The third-order valence-electron chi connectivity index (χ3n) is 5.95. The summed E-state index contributed by atoms with van der Waals surface area (Å²) in [5.41, 5.74) is 1.80. The van der Waals surface area contributed by atoms with Crippen LogP contribution in [-0.4, -0.2) is 54.2 Å². The Hall–Kier alpha value is -2.78. The number of phenolic OH excluding ortho intramolecular Hbond substituents is 1. The van der Waals surface area contributed by atoms with Gasteiger partial charge < -0.3 is 15.3 Å². The van der Waals surface area contributed by atoms with Crippen LogP contribution in [0.4, 0.5) is 10.3 Å².